The zero-order valence-corrected chi connectivity index (χ0v) is 12.1. The van der Waals surface area contributed by atoms with Crippen LogP contribution in [-0.4, -0.2) is 29.1 Å². The Morgan fingerprint density at radius 3 is 2.85 bits per heavy atom. The number of carbonyl (C=O) groups is 1. The molecular weight excluding hydrogens is 252 g/mol. The molecule has 4 heteroatoms. The molecule has 0 aliphatic carbocycles. The summed E-state index contributed by atoms with van der Waals surface area (Å²) in [5.41, 5.74) is 0.990. The Balaban J connectivity index is 1.70. The van der Waals surface area contributed by atoms with E-state index >= 15 is 0 Å². The third kappa shape index (κ3) is 2.57. The van der Waals surface area contributed by atoms with Gasteiger partial charge in [0.05, 0.1) is 24.2 Å². The lowest BCUT2D eigenvalue weighted by Crippen LogP contribution is -2.44. The van der Waals surface area contributed by atoms with Gasteiger partial charge in [-0.2, -0.15) is 0 Å². The van der Waals surface area contributed by atoms with Crippen molar-refractivity contribution in [1.29, 1.82) is 0 Å². The fraction of sp³-hybridized carbons (Fsp3) is 0.625. The number of rotatable bonds is 4. The maximum absolute atomic E-state index is 12.6. The van der Waals surface area contributed by atoms with E-state index in [4.69, 9.17) is 4.74 Å². The SMILES string of the molecule is CC(C)[C@H](C(=O)N[C@@H]1C[C@H]2CC[C@H]1O2)c1cccnc1. The zero-order valence-electron chi connectivity index (χ0n) is 12.1. The van der Waals surface area contributed by atoms with Gasteiger partial charge in [0.25, 0.3) is 0 Å². The van der Waals surface area contributed by atoms with Gasteiger partial charge < -0.3 is 10.1 Å². The number of nitrogens with zero attached hydrogens (tertiary/aromatic N) is 1. The van der Waals surface area contributed by atoms with Gasteiger partial charge in [-0.05, 0) is 36.8 Å². The summed E-state index contributed by atoms with van der Waals surface area (Å²) in [7, 11) is 0. The number of carbonyl (C=O) groups excluding carboxylic acids is 1. The van der Waals surface area contributed by atoms with Crippen molar-refractivity contribution < 1.29 is 9.53 Å². The number of pyridine rings is 1. The Morgan fingerprint density at radius 2 is 2.30 bits per heavy atom. The van der Waals surface area contributed by atoms with E-state index in [9.17, 15) is 4.79 Å². The summed E-state index contributed by atoms with van der Waals surface area (Å²) in [6, 6.07) is 4.06. The van der Waals surface area contributed by atoms with Crippen LogP contribution in [0, 0.1) is 5.92 Å². The van der Waals surface area contributed by atoms with Gasteiger partial charge in [0.1, 0.15) is 0 Å². The Kier molecular flexibility index (Phi) is 3.74. The van der Waals surface area contributed by atoms with Crippen LogP contribution in [0.25, 0.3) is 0 Å². The molecule has 0 unspecified atom stereocenters. The number of hydrogen-bond donors (Lipinski definition) is 1. The molecule has 20 heavy (non-hydrogen) atoms. The van der Waals surface area contributed by atoms with Crippen LogP contribution in [-0.2, 0) is 9.53 Å². The molecule has 1 N–H and O–H groups in total. The zero-order chi connectivity index (χ0) is 14.1. The maximum Gasteiger partial charge on any atom is 0.228 e. The van der Waals surface area contributed by atoms with Crippen molar-refractivity contribution >= 4 is 5.91 Å². The summed E-state index contributed by atoms with van der Waals surface area (Å²) in [4.78, 5) is 16.8. The van der Waals surface area contributed by atoms with Gasteiger partial charge in [-0.3, -0.25) is 9.78 Å². The molecule has 2 aliphatic heterocycles. The standard InChI is InChI=1S/C16H22N2O2/c1-10(2)15(11-4-3-7-17-9-11)16(19)18-13-8-12-5-6-14(13)20-12/h3-4,7,9-10,12-15H,5-6,8H2,1-2H3,(H,18,19)/t12-,13-,14-,15+/m1/s1. The largest absolute Gasteiger partial charge is 0.373 e. The second-order valence-corrected chi connectivity index (χ2v) is 6.23. The number of amides is 1. The summed E-state index contributed by atoms with van der Waals surface area (Å²) in [6.45, 7) is 4.16. The van der Waals surface area contributed by atoms with Crippen molar-refractivity contribution in [2.75, 3.05) is 0 Å². The van der Waals surface area contributed by atoms with Gasteiger partial charge in [0.2, 0.25) is 5.91 Å². The van der Waals surface area contributed by atoms with E-state index in [1.165, 1.54) is 0 Å². The molecule has 3 heterocycles. The van der Waals surface area contributed by atoms with Crippen LogP contribution in [0.1, 0.15) is 44.6 Å². The minimum absolute atomic E-state index is 0.106. The molecule has 1 aromatic rings. The van der Waals surface area contributed by atoms with Gasteiger partial charge in [-0.25, -0.2) is 0 Å². The first-order valence-electron chi connectivity index (χ1n) is 7.51. The molecule has 2 aliphatic rings. The Labute approximate surface area is 119 Å². The Hall–Kier alpha value is -1.42. The van der Waals surface area contributed by atoms with Gasteiger partial charge in [0, 0.05) is 12.4 Å². The summed E-state index contributed by atoms with van der Waals surface area (Å²) in [5, 5.41) is 3.20. The van der Waals surface area contributed by atoms with Gasteiger partial charge in [0.15, 0.2) is 0 Å². The minimum Gasteiger partial charge on any atom is -0.373 e. The molecule has 1 aromatic heterocycles. The fourth-order valence-electron chi connectivity index (χ4n) is 3.46. The smallest absolute Gasteiger partial charge is 0.228 e. The number of fused-ring (bicyclic) bond motifs is 2. The van der Waals surface area contributed by atoms with E-state index in [0.29, 0.717) is 6.10 Å². The van der Waals surface area contributed by atoms with Crippen molar-refractivity contribution in [2.24, 2.45) is 5.92 Å². The molecule has 2 fully saturated rings. The number of hydrogen-bond acceptors (Lipinski definition) is 3. The van der Waals surface area contributed by atoms with Crippen LogP contribution >= 0.6 is 0 Å². The molecule has 0 saturated carbocycles. The van der Waals surface area contributed by atoms with E-state index in [0.717, 1.165) is 24.8 Å². The Morgan fingerprint density at radius 1 is 1.45 bits per heavy atom. The Bertz CT molecular complexity index is 475. The van der Waals surface area contributed by atoms with Crippen LogP contribution in [0.3, 0.4) is 0 Å². The van der Waals surface area contributed by atoms with Crippen LogP contribution < -0.4 is 5.32 Å². The van der Waals surface area contributed by atoms with E-state index in [-0.39, 0.29) is 29.9 Å². The first kappa shape index (κ1) is 13.6. The average Bonchev–Trinajstić information content (AvgIpc) is 3.02. The molecule has 108 valence electrons. The first-order valence-corrected chi connectivity index (χ1v) is 7.51. The molecular formula is C16H22N2O2. The topological polar surface area (TPSA) is 51.2 Å². The predicted molar refractivity (Wildman–Crippen MR) is 76.3 cm³/mol. The molecule has 1 amide bonds. The molecule has 3 rings (SSSR count). The highest BCUT2D eigenvalue weighted by molar-refractivity contribution is 5.84. The van der Waals surface area contributed by atoms with Crippen molar-refractivity contribution in [3.05, 3.63) is 30.1 Å². The summed E-state index contributed by atoms with van der Waals surface area (Å²) in [5.74, 6) is 0.218. The van der Waals surface area contributed by atoms with Crippen molar-refractivity contribution in [1.82, 2.24) is 10.3 Å². The lowest BCUT2D eigenvalue weighted by Gasteiger charge is -2.25. The molecule has 4 atom stereocenters. The van der Waals surface area contributed by atoms with Crippen LogP contribution in [0.2, 0.25) is 0 Å². The van der Waals surface area contributed by atoms with E-state index in [2.05, 4.69) is 24.1 Å². The summed E-state index contributed by atoms with van der Waals surface area (Å²) in [6.07, 6.45) is 7.31. The highest BCUT2D eigenvalue weighted by atomic mass is 16.5. The normalized spacial score (nSPS) is 29.6. The third-order valence-electron chi connectivity index (χ3n) is 4.43. The first-order chi connectivity index (χ1) is 9.65. The molecule has 0 spiro atoms. The molecule has 0 radical (unpaired) electrons. The summed E-state index contributed by atoms with van der Waals surface area (Å²) >= 11 is 0. The molecule has 2 saturated heterocycles. The highest BCUT2D eigenvalue weighted by Gasteiger charge is 2.42. The average molecular weight is 274 g/mol. The van der Waals surface area contributed by atoms with Crippen molar-refractivity contribution in [2.45, 2.75) is 57.3 Å². The minimum atomic E-state index is -0.136. The maximum atomic E-state index is 12.6. The third-order valence-corrected chi connectivity index (χ3v) is 4.43. The number of nitrogens with one attached hydrogen (secondary N) is 1. The monoisotopic (exact) mass is 274 g/mol. The lowest BCUT2D eigenvalue weighted by molar-refractivity contribution is -0.124. The van der Waals surface area contributed by atoms with Crippen molar-refractivity contribution in [3.63, 3.8) is 0 Å². The van der Waals surface area contributed by atoms with Gasteiger partial charge in [-0.15, -0.1) is 0 Å². The van der Waals surface area contributed by atoms with Gasteiger partial charge >= 0.3 is 0 Å². The van der Waals surface area contributed by atoms with Crippen LogP contribution in [0.4, 0.5) is 0 Å². The summed E-state index contributed by atoms with van der Waals surface area (Å²) < 4.78 is 5.80. The quantitative estimate of drug-likeness (QED) is 0.916. The fourth-order valence-corrected chi connectivity index (χ4v) is 3.46. The van der Waals surface area contributed by atoms with Crippen molar-refractivity contribution in [3.8, 4) is 0 Å². The van der Waals surface area contributed by atoms with E-state index < -0.39 is 0 Å². The van der Waals surface area contributed by atoms with E-state index in [1.54, 1.807) is 12.4 Å². The highest BCUT2D eigenvalue weighted by Crippen LogP contribution is 2.35. The number of aromatic nitrogens is 1. The van der Waals surface area contributed by atoms with Crippen LogP contribution in [0.5, 0.6) is 0 Å². The number of ether oxygens (including phenoxy) is 1. The molecule has 4 nitrogen and oxygen atoms in total. The van der Waals surface area contributed by atoms with Crippen LogP contribution in [0.15, 0.2) is 24.5 Å². The predicted octanol–water partition coefficient (Wildman–Crippen LogP) is 2.26. The molecule has 0 aromatic carbocycles. The second-order valence-electron chi connectivity index (χ2n) is 6.23. The van der Waals surface area contributed by atoms with E-state index in [1.807, 2.05) is 12.1 Å². The van der Waals surface area contributed by atoms with Gasteiger partial charge in [-0.1, -0.05) is 19.9 Å². The lowest BCUT2D eigenvalue weighted by atomic mass is 9.87. The second kappa shape index (κ2) is 5.52. The molecule has 2 bridgehead atoms.